The lowest BCUT2D eigenvalue weighted by atomic mass is 9.50. The molecule has 2 bridgehead atoms. The van der Waals surface area contributed by atoms with Gasteiger partial charge < -0.3 is 43.5 Å². The molecule has 280 valence electrons. The summed E-state index contributed by atoms with van der Waals surface area (Å²) >= 11 is 0. The third-order valence-corrected chi connectivity index (χ3v) is 9.90. The summed E-state index contributed by atoms with van der Waals surface area (Å²) in [4.78, 5) is 67.5. The minimum absolute atomic E-state index is 0.110. The molecule has 0 saturated carbocycles. The molecule has 2 aliphatic carbocycles. The van der Waals surface area contributed by atoms with Gasteiger partial charge in [-0.1, -0.05) is 12.1 Å². The monoisotopic (exact) mass is 715 g/mol. The van der Waals surface area contributed by atoms with Gasteiger partial charge >= 0.3 is 29.8 Å². The normalized spacial score (nSPS) is 26.7. The van der Waals surface area contributed by atoms with Crippen molar-refractivity contribution in [3.05, 3.63) is 40.7 Å². The van der Waals surface area contributed by atoms with Crippen molar-refractivity contribution in [2.75, 3.05) is 13.6 Å². The number of likely N-dealkylation sites (N-methyl/N-ethyl adjacent to an activating group) is 1. The van der Waals surface area contributed by atoms with Gasteiger partial charge in [0.2, 0.25) is 12.2 Å². The Hall–Kier alpha value is -4.01. The fourth-order valence-electron chi connectivity index (χ4n) is 7.78. The van der Waals surface area contributed by atoms with Gasteiger partial charge in [0.05, 0.1) is 24.0 Å². The molecule has 1 fully saturated rings. The molecule has 0 radical (unpaired) electrons. The molecule has 7 atom stereocenters. The summed E-state index contributed by atoms with van der Waals surface area (Å²) < 4.78 is 33.8. The SMILES string of the molecule is CC(=O)O[C@@H](C(=O)O[C@@H](CC(=O)OC(C)(C)C)C(=O)OC(C)(C)C)[C@@H](C)C(=O)OC1=CC[C@@]2(O)[C@H]3Cc4ccc(CO)c5c4[C@@]2(CCN3C)[C@H]1O5. The number of rotatable bonds is 10. The molecule has 2 N–H and O–H groups in total. The molecule has 5 rings (SSSR count). The number of carbonyl (C=O) groups excluding carboxylic acids is 5. The van der Waals surface area contributed by atoms with Crippen LogP contribution in [0.1, 0.15) is 91.3 Å². The minimum Gasteiger partial charge on any atom is -0.481 e. The number of carbonyl (C=O) groups is 5. The van der Waals surface area contributed by atoms with Crippen molar-refractivity contribution in [3.8, 4) is 5.75 Å². The summed E-state index contributed by atoms with van der Waals surface area (Å²) in [5, 5.41) is 22.6. The Labute approximate surface area is 297 Å². The summed E-state index contributed by atoms with van der Waals surface area (Å²) in [6, 6.07) is 3.49. The highest BCUT2D eigenvalue weighted by molar-refractivity contribution is 5.89. The molecule has 1 saturated heterocycles. The van der Waals surface area contributed by atoms with Crippen LogP contribution in [-0.2, 0) is 66.1 Å². The molecule has 1 aromatic rings. The van der Waals surface area contributed by atoms with Crippen molar-refractivity contribution in [2.45, 2.75) is 134 Å². The lowest BCUT2D eigenvalue weighted by Gasteiger charge is -2.61. The molecular weight excluding hydrogens is 666 g/mol. The van der Waals surface area contributed by atoms with E-state index in [2.05, 4.69) is 4.90 Å². The Morgan fingerprint density at radius 2 is 1.67 bits per heavy atom. The Morgan fingerprint density at radius 1 is 1.00 bits per heavy atom. The molecule has 1 spiro atoms. The summed E-state index contributed by atoms with van der Waals surface area (Å²) in [7, 11) is 1.96. The summed E-state index contributed by atoms with van der Waals surface area (Å²) in [5.41, 5.74) is -1.83. The maximum Gasteiger partial charge on any atom is 0.349 e. The van der Waals surface area contributed by atoms with E-state index in [-0.39, 0.29) is 24.8 Å². The Bertz CT molecular complexity index is 1640. The number of esters is 5. The molecule has 2 aliphatic heterocycles. The fraction of sp³-hybridized carbons (Fsp3) is 0.649. The van der Waals surface area contributed by atoms with Gasteiger partial charge in [0.15, 0.2) is 6.10 Å². The molecule has 4 aliphatic rings. The van der Waals surface area contributed by atoms with Gasteiger partial charge in [-0.3, -0.25) is 14.4 Å². The van der Waals surface area contributed by atoms with Crippen molar-refractivity contribution in [1.29, 1.82) is 0 Å². The number of ether oxygens (including phenoxy) is 6. The maximum absolute atomic E-state index is 13.8. The summed E-state index contributed by atoms with van der Waals surface area (Å²) in [6.07, 6.45) is -2.50. The smallest absolute Gasteiger partial charge is 0.349 e. The van der Waals surface area contributed by atoms with Crippen LogP contribution in [0, 0.1) is 5.92 Å². The van der Waals surface area contributed by atoms with E-state index < -0.39 is 82.7 Å². The zero-order valence-corrected chi connectivity index (χ0v) is 30.7. The number of hydrogen-bond donors (Lipinski definition) is 2. The average molecular weight is 716 g/mol. The predicted octanol–water partition coefficient (Wildman–Crippen LogP) is 2.55. The largest absolute Gasteiger partial charge is 0.481 e. The number of hydrogen-bond acceptors (Lipinski definition) is 14. The van der Waals surface area contributed by atoms with E-state index in [4.69, 9.17) is 28.4 Å². The lowest BCUT2D eigenvalue weighted by Crippen LogP contribution is -2.74. The summed E-state index contributed by atoms with van der Waals surface area (Å²) in [5.74, 6) is -5.98. The van der Waals surface area contributed by atoms with Gasteiger partial charge in [0.1, 0.15) is 28.6 Å². The van der Waals surface area contributed by atoms with Crippen molar-refractivity contribution in [3.63, 3.8) is 0 Å². The highest BCUT2D eigenvalue weighted by Crippen LogP contribution is 2.64. The Morgan fingerprint density at radius 3 is 2.27 bits per heavy atom. The minimum atomic E-state index is -1.88. The van der Waals surface area contributed by atoms with Crippen LogP contribution in [0.2, 0.25) is 0 Å². The molecule has 0 aromatic heterocycles. The first-order valence-electron chi connectivity index (χ1n) is 17.2. The Balaban J connectivity index is 1.41. The summed E-state index contributed by atoms with van der Waals surface area (Å²) in [6.45, 7) is 12.3. The molecule has 14 nitrogen and oxygen atoms in total. The number of aliphatic hydroxyl groups excluding tert-OH is 1. The second-order valence-electron chi connectivity index (χ2n) is 15.9. The topological polar surface area (TPSA) is 184 Å². The van der Waals surface area contributed by atoms with Crippen LogP contribution in [0.3, 0.4) is 0 Å². The zero-order valence-electron chi connectivity index (χ0n) is 30.7. The van der Waals surface area contributed by atoms with Crippen molar-refractivity contribution in [1.82, 2.24) is 4.90 Å². The number of benzene rings is 1. The van der Waals surface area contributed by atoms with Gasteiger partial charge in [-0.05, 0) is 86.5 Å². The maximum atomic E-state index is 13.8. The highest BCUT2D eigenvalue weighted by Gasteiger charge is 2.72. The highest BCUT2D eigenvalue weighted by atomic mass is 16.6. The fourth-order valence-corrected chi connectivity index (χ4v) is 7.78. The van der Waals surface area contributed by atoms with Crippen LogP contribution in [-0.4, -0.2) is 99.7 Å². The van der Waals surface area contributed by atoms with Crippen molar-refractivity contribution < 1.29 is 62.6 Å². The van der Waals surface area contributed by atoms with Crippen molar-refractivity contribution >= 4 is 29.8 Å². The van der Waals surface area contributed by atoms with E-state index in [1.165, 1.54) is 6.92 Å². The van der Waals surface area contributed by atoms with Crippen LogP contribution >= 0.6 is 0 Å². The average Bonchev–Trinajstić information content (AvgIpc) is 3.36. The third-order valence-electron chi connectivity index (χ3n) is 9.90. The lowest BCUT2D eigenvalue weighted by molar-refractivity contribution is -0.190. The van der Waals surface area contributed by atoms with Gasteiger partial charge in [0.25, 0.3) is 0 Å². The number of likely N-dealkylation sites (tertiary alicyclic amines) is 1. The second kappa shape index (κ2) is 13.5. The standard InChI is InChI=1S/C37H49NO13/c1-19(28(46-20(2)40)33(44)48-24(32(43)51-35(6,7)8)17-26(41)50-34(3,4)5)31(42)47-23-12-13-37(45)25-16-21-10-11-22(18-39)29-27(21)36(37,30(23)49-29)14-15-38(25)9/h10-12,19,24-25,28,30,39,45H,13-18H2,1-9H3/t19-,24+,25-,28-,30+,36+,37-/m1/s1. The van der Waals surface area contributed by atoms with Crippen molar-refractivity contribution in [2.24, 2.45) is 5.92 Å². The first-order chi connectivity index (χ1) is 23.6. The van der Waals surface area contributed by atoms with Crippen LogP contribution < -0.4 is 4.74 Å². The van der Waals surface area contributed by atoms with Gasteiger partial charge in [-0.25, -0.2) is 9.59 Å². The van der Waals surface area contributed by atoms with Gasteiger partial charge in [0, 0.05) is 30.5 Å². The molecular formula is C37H49NO13. The van der Waals surface area contributed by atoms with Crippen LogP contribution in [0.25, 0.3) is 0 Å². The molecule has 0 unspecified atom stereocenters. The molecule has 14 heteroatoms. The number of nitrogens with zero attached hydrogens (tertiary/aromatic N) is 1. The quantitative estimate of drug-likeness (QED) is 0.266. The van der Waals surface area contributed by atoms with Crippen LogP contribution in [0.4, 0.5) is 0 Å². The van der Waals surface area contributed by atoms with E-state index in [1.54, 1.807) is 53.7 Å². The van der Waals surface area contributed by atoms with Gasteiger partial charge in [-0.2, -0.15) is 0 Å². The van der Waals surface area contributed by atoms with E-state index in [0.717, 1.165) is 18.1 Å². The molecule has 1 aromatic carbocycles. The molecule has 0 amide bonds. The zero-order chi connectivity index (χ0) is 37.8. The Kier molecular flexibility index (Phi) is 10.1. The van der Waals surface area contributed by atoms with Crippen LogP contribution in [0.5, 0.6) is 5.75 Å². The second-order valence-corrected chi connectivity index (χ2v) is 15.9. The molecule has 2 heterocycles. The third kappa shape index (κ3) is 7.10. The van der Waals surface area contributed by atoms with Crippen LogP contribution in [0.15, 0.2) is 24.0 Å². The van der Waals surface area contributed by atoms with Gasteiger partial charge in [-0.15, -0.1) is 0 Å². The number of piperidine rings is 1. The molecule has 51 heavy (non-hydrogen) atoms. The first-order valence-corrected chi connectivity index (χ1v) is 17.2. The first kappa shape index (κ1) is 38.2. The van der Waals surface area contributed by atoms with E-state index in [9.17, 15) is 34.2 Å². The number of aliphatic hydroxyl groups is 2. The van der Waals surface area contributed by atoms with E-state index >= 15 is 0 Å². The van der Waals surface area contributed by atoms with E-state index in [1.807, 2.05) is 13.1 Å². The van der Waals surface area contributed by atoms with E-state index in [0.29, 0.717) is 30.7 Å². The predicted molar refractivity (Wildman–Crippen MR) is 178 cm³/mol.